The molecule has 0 amide bonds. The number of carboxylic acid groups (broad SMARTS) is 1. The molecule has 5 heterocycles. The number of nitrogens with zero attached hydrogens (tertiary/aromatic N) is 4. The Labute approximate surface area is 186 Å². The first-order valence-corrected chi connectivity index (χ1v) is 10.6. The van der Waals surface area contributed by atoms with E-state index in [0.29, 0.717) is 18.6 Å². The summed E-state index contributed by atoms with van der Waals surface area (Å²) < 4.78 is 23.1. The molecule has 0 aliphatic carbocycles. The Hall–Kier alpha value is -3.95. The molecule has 3 aliphatic rings. The molecule has 0 spiro atoms. The van der Waals surface area contributed by atoms with Gasteiger partial charge < -0.3 is 24.1 Å². The van der Waals surface area contributed by atoms with Crippen LogP contribution in [0.5, 0.6) is 5.75 Å². The SMILES string of the molecule is CC1COc2c(N3CC4ON=C(c5cccnc5)C4C3)c(F)cc3c(=O)c(C(=O)O)cn1c23. The van der Waals surface area contributed by atoms with Crippen molar-refractivity contribution in [2.45, 2.75) is 19.1 Å². The van der Waals surface area contributed by atoms with Gasteiger partial charge in [-0.15, -0.1) is 0 Å². The molecule has 168 valence electrons. The van der Waals surface area contributed by atoms with E-state index in [2.05, 4.69) is 10.1 Å². The zero-order valence-electron chi connectivity index (χ0n) is 17.6. The monoisotopic (exact) mass is 450 g/mol. The summed E-state index contributed by atoms with van der Waals surface area (Å²) in [5.74, 6) is -1.81. The first-order valence-electron chi connectivity index (χ1n) is 10.6. The normalized spacial score (nSPS) is 23.2. The molecule has 6 rings (SSSR count). The van der Waals surface area contributed by atoms with Gasteiger partial charge in [0.2, 0.25) is 5.43 Å². The summed E-state index contributed by atoms with van der Waals surface area (Å²) in [6.07, 6.45) is 4.47. The van der Waals surface area contributed by atoms with Gasteiger partial charge in [0.1, 0.15) is 17.9 Å². The van der Waals surface area contributed by atoms with E-state index in [-0.39, 0.29) is 41.5 Å². The Morgan fingerprint density at radius 1 is 1.33 bits per heavy atom. The van der Waals surface area contributed by atoms with Crippen LogP contribution in [0, 0.1) is 11.7 Å². The van der Waals surface area contributed by atoms with Crippen molar-refractivity contribution in [1.29, 1.82) is 0 Å². The van der Waals surface area contributed by atoms with Gasteiger partial charge in [-0.3, -0.25) is 9.78 Å². The molecule has 1 saturated heterocycles. The van der Waals surface area contributed by atoms with Crippen LogP contribution in [0.4, 0.5) is 10.1 Å². The first-order chi connectivity index (χ1) is 15.9. The van der Waals surface area contributed by atoms with Crippen molar-refractivity contribution in [2.75, 3.05) is 24.6 Å². The summed E-state index contributed by atoms with van der Waals surface area (Å²) >= 11 is 0. The van der Waals surface area contributed by atoms with Crippen molar-refractivity contribution in [3.8, 4) is 5.75 Å². The van der Waals surface area contributed by atoms with Gasteiger partial charge in [0, 0.05) is 30.7 Å². The molecule has 1 fully saturated rings. The van der Waals surface area contributed by atoms with Crippen LogP contribution in [0.2, 0.25) is 0 Å². The van der Waals surface area contributed by atoms with Crippen LogP contribution in [-0.2, 0) is 4.84 Å². The molecule has 3 unspecified atom stereocenters. The van der Waals surface area contributed by atoms with E-state index >= 15 is 4.39 Å². The van der Waals surface area contributed by atoms with E-state index in [4.69, 9.17) is 9.57 Å². The third-order valence-corrected chi connectivity index (χ3v) is 6.55. The van der Waals surface area contributed by atoms with Gasteiger partial charge in [-0.05, 0) is 25.1 Å². The van der Waals surface area contributed by atoms with E-state index in [1.165, 1.54) is 6.20 Å². The molecule has 33 heavy (non-hydrogen) atoms. The Bertz CT molecular complexity index is 1400. The van der Waals surface area contributed by atoms with E-state index in [0.717, 1.165) is 17.3 Å². The molecular formula is C23H19FN4O5. The second-order valence-electron chi connectivity index (χ2n) is 8.55. The predicted molar refractivity (Wildman–Crippen MR) is 117 cm³/mol. The number of anilines is 1. The average Bonchev–Trinajstić information content (AvgIpc) is 3.38. The minimum atomic E-state index is -1.35. The van der Waals surface area contributed by atoms with Crippen LogP contribution in [0.1, 0.15) is 28.9 Å². The lowest BCUT2D eigenvalue weighted by atomic mass is 9.96. The number of ether oxygens (including phenoxy) is 1. The van der Waals surface area contributed by atoms with Gasteiger partial charge in [-0.1, -0.05) is 5.16 Å². The van der Waals surface area contributed by atoms with Crippen LogP contribution in [0.15, 0.2) is 46.7 Å². The quantitative estimate of drug-likeness (QED) is 0.653. The molecule has 0 bridgehead atoms. The zero-order valence-corrected chi connectivity index (χ0v) is 17.6. The standard InChI is InChI=1S/C23H19FN4O5/c1-11-10-32-22-19-13(21(29)15(23(30)31)8-28(11)19)5-16(24)20(22)27-7-14-17(9-27)33-26-18(14)12-3-2-4-25-6-12/h2-6,8,11,14,17H,7,9-10H2,1H3,(H,30,31). The molecule has 10 heteroatoms. The summed E-state index contributed by atoms with van der Waals surface area (Å²) in [7, 11) is 0. The van der Waals surface area contributed by atoms with Crippen LogP contribution < -0.4 is 15.1 Å². The highest BCUT2D eigenvalue weighted by atomic mass is 19.1. The summed E-state index contributed by atoms with van der Waals surface area (Å²) in [4.78, 5) is 36.0. The van der Waals surface area contributed by atoms with E-state index < -0.39 is 22.8 Å². The number of pyridine rings is 2. The molecular weight excluding hydrogens is 431 g/mol. The molecule has 0 saturated carbocycles. The van der Waals surface area contributed by atoms with E-state index in [9.17, 15) is 14.7 Å². The Balaban J connectivity index is 1.47. The van der Waals surface area contributed by atoms with Gasteiger partial charge in [0.15, 0.2) is 17.7 Å². The second kappa shape index (κ2) is 7.03. The minimum Gasteiger partial charge on any atom is -0.487 e. The molecule has 2 aromatic heterocycles. The number of fused-ring (bicyclic) bond motifs is 1. The highest BCUT2D eigenvalue weighted by Crippen LogP contribution is 2.44. The number of carboxylic acids is 1. The number of rotatable bonds is 3. The highest BCUT2D eigenvalue weighted by molar-refractivity contribution is 6.04. The maximum atomic E-state index is 15.5. The zero-order chi connectivity index (χ0) is 22.9. The third-order valence-electron chi connectivity index (χ3n) is 6.55. The molecule has 0 radical (unpaired) electrons. The maximum Gasteiger partial charge on any atom is 0.341 e. The third kappa shape index (κ3) is 2.83. The number of oxime groups is 1. The van der Waals surface area contributed by atoms with Crippen LogP contribution >= 0.6 is 0 Å². The molecule has 3 aromatic rings. The van der Waals surface area contributed by atoms with Crippen molar-refractivity contribution < 1.29 is 23.9 Å². The highest BCUT2D eigenvalue weighted by Gasteiger charge is 2.45. The number of benzene rings is 1. The fourth-order valence-electron chi connectivity index (χ4n) is 4.96. The van der Waals surface area contributed by atoms with Gasteiger partial charge >= 0.3 is 5.97 Å². The summed E-state index contributed by atoms with van der Waals surface area (Å²) in [5.41, 5.74) is 1.14. The van der Waals surface area contributed by atoms with Crippen LogP contribution in [0.3, 0.4) is 0 Å². The number of halogens is 1. The minimum absolute atomic E-state index is 0.00838. The number of hydrogen-bond acceptors (Lipinski definition) is 7. The van der Waals surface area contributed by atoms with Gasteiger partial charge in [-0.2, -0.15) is 0 Å². The van der Waals surface area contributed by atoms with Crippen molar-refractivity contribution in [3.05, 3.63) is 64.0 Å². The molecule has 1 aromatic carbocycles. The molecule has 9 nitrogen and oxygen atoms in total. The van der Waals surface area contributed by atoms with Gasteiger partial charge in [-0.25, -0.2) is 9.18 Å². The van der Waals surface area contributed by atoms with Gasteiger partial charge in [0.25, 0.3) is 0 Å². The Morgan fingerprint density at radius 3 is 2.94 bits per heavy atom. The largest absolute Gasteiger partial charge is 0.487 e. The van der Waals surface area contributed by atoms with Crippen molar-refractivity contribution >= 4 is 28.3 Å². The smallest absolute Gasteiger partial charge is 0.341 e. The number of aromatic nitrogens is 2. The molecule has 1 N–H and O–H groups in total. The topological polar surface area (TPSA) is 106 Å². The van der Waals surface area contributed by atoms with Gasteiger partial charge in [0.05, 0.1) is 35.1 Å². The van der Waals surface area contributed by atoms with Crippen molar-refractivity contribution in [3.63, 3.8) is 0 Å². The lowest BCUT2D eigenvalue weighted by Gasteiger charge is -2.31. The first kappa shape index (κ1) is 19.7. The fourth-order valence-corrected chi connectivity index (χ4v) is 4.96. The number of hydrogen-bond donors (Lipinski definition) is 1. The maximum absolute atomic E-state index is 15.5. The van der Waals surface area contributed by atoms with Crippen LogP contribution in [0.25, 0.3) is 10.9 Å². The predicted octanol–water partition coefficient (Wildman–Crippen LogP) is 2.43. The summed E-state index contributed by atoms with van der Waals surface area (Å²) in [6, 6.07) is 4.63. The molecule has 3 aliphatic heterocycles. The van der Waals surface area contributed by atoms with E-state index in [1.54, 1.807) is 17.0 Å². The van der Waals surface area contributed by atoms with Crippen molar-refractivity contribution in [1.82, 2.24) is 9.55 Å². The Morgan fingerprint density at radius 2 is 2.18 bits per heavy atom. The van der Waals surface area contributed by atoms with Crippen molar-refractivity contribution in [2.24, 2.45) is 11.1 Å². The Kier molecular flexibility index (Phi) is 4.20. The summed E-state index contributed by atoms with van der Waals surface area (Å²) in [6.45, 7) is 2.92. The van der Waals surface area contributed by atoms with Crippen LogP contribution in [-0.4, -0.2) is 52.1 Å². The number of carbonyl (C=O) groups is 1. The molecule has 3 atom stereocenters. The lowest BCUT2D eigenvalue weighted by molar-refractivity contribution is 0.0694. The average molecular weight is 450 g/mol. The van der Waals surface area contributed by atoms with E-state index in [1.807, 2.05) is 24.0 Å². The second-order valence-corrected chi connectivity index (χ2v) is 8.55. The fraction of sp³-hybridized carbons (Fsp3) is 0.304. The summed E-state index contributed by atoms with van der Waals surface area (Å²) in [5, 5.41) is 13.7. The lowest BCUT2D eigenvalue weighted by Crippen LogP contribution is -2.30. The number of aromatic carboxylic acids is 1.